The molecule has 4 heteroatoms. The van der Waals surface area contributed by atoms with E-state index in [1.807, 2.05) is 29.1 Å². The molecule has 0 aliphatic heterocycles. The normalized spacial score (nSPS) is 12.4. The van der Waals surface area contributed by atoms with Crippen molar-refractivity contribution in [2.75, 3.05) is 0 Å². The Morgan fingerprint density at radius 3 is 2.62 bits per heavy atom. The van der Waals surface area contributed by atoms with Crippen LogP contribution >= 0.6 is 15.9 Å². The fourth-order valence-electron chi connectivity index (χ4n) is 1.48. The molecule has 0 amide bonds. The van der Waals surface area contributed by atoms with Crippen LogP contribution in [0, 0.1) is 5.82 Å². The molecule has 1 atom stereocenters. The highest BCUT2D eigenvalue weighted by Gasteiger charge is 2.12. The number of aldehydes is 1. The van der Waals surface area contributed by atoms with Crippen LogP contribution < -0.4 is 0 Å². The molecule has 0 spiro atoms. The lowest BCUT2D eigenvalue weighted by Crippen LogP contribution is -1.98. The Hall–Kier alpha value is -1.42. The second-order valence-corrected chi connectivity index (χ2v) is 4.32. The Morgan fingerprint density at radius 2 is 2.00 bits per heavy atom. The minimum atomic E-state index is -0.608. The van der Waals surface area contributed by atoms with Gasteiger partial charge in [-0.25, -0.2) is 4.39 Å². The molecule has 16 heavy (non-hydrogen) atoms. The smallest absolute Gasteiger partial charge is 0.138 e. The summed E-state index contributed by atoms with van der Waals surface area (Å²) in [7, 11) is 0. The maximum absolute atomic E-state index is 13.5. The first-order valence-electron chi connectivity index (χ1n) is 4.74. The van der Waals surface area contributed by atoms with Crippen LogP contribution in [-0.2, 0) is 4.79 Å². The summed E-state index contributed by atoms with van der Waals surface area (Å²) in [6.45, 7) is 0. The van der Waals surface area contributed by atoms with Crippen molar-refractivity contribution in [1.29, 1.82) is 0 Å². The van der Waals surface area contributed by atoms with Gasteiger partial charge < -0.3 is 9.36 Å². The summed E-state index contributed by atoms with van der Waals surface area (Å²) >= 11 is 3.12. The van der Waals surface area contributed by atoms with Crippen LogP contribution in [0.1, 0.15) is 10.4 Å². The van der Waals surface area contributed by atoms with Gasteiger partial charge in [-0.2, -0.15) is 0 Å². The Bertz CT molecular complexity index is 496. The summed E-state index contributed by atoms with van der Waals surface area (Å²) in [6.07, 6.45) is 4.39. The molecule has 0 fully saturated rings. The summed E-state index contributed by atoms with van der Waals surface area (Å²) in [4.78, 5) is 10.0. The van der Waals surface area contributed by atoms with Crippen molar-refractivity contribution in [1.82, 2.24) is 4.57 Å². The second kappa shape index (κ2) is 4.61. The Balaban J connectivity index is 2.47. The van der Waals surface area contributed by atoms with Crippen molar-refractivity contribution in [3.63, 3.8) is 0 Å². The number of carbonyl (C=O) groups is 1. The van der Waals surface area contributed by atoms with Crippen LogP contribution in [0.3, 0.4) is 0 Å². The first-order chi connectivity index (χ1) is 7.72. The van der Waals surface area contributed by atoms with Crippen LogP contribution in [-0.4, -0.2) is 10.9 Å². The van der Waals surface area contributed by atoms with E-state index in [0.717, 1.165) is 5.69 Å². The molecule has 1 heterocycles. The van der Waals surface area contributed by atoms with Gasteiger partial charge in [-0.3, -0.25) is 0 Å². The van der Waals surface area contributed by atoms with Crippen LogP contribution in [0.15, 0.2) is 42.7 Å². The van der Waals surface area contributed by atoms with E-state index in [1.165, 1.54) is 6.07 Å². The highest BCUT2D eigenvalue weighted by molar-refractivity contribution is 9.09. The minimum Gasteiger partial charge on any atom is -0.324 e. The molecule has 2 rings (SSSR count). The van der Waals surface area contributed by atoms with Crippen LogP contribution in [0.4, 0.5) is 4.39 Å². The fourth-order valence-corrected chi connectivity index (χ4v) is 1.83. The van der Waals surface area contributed by atoms with Gasteiger partial charge in [-0.05, 0) is 30.3 Å². The summed E-state index contributed by atoms with van der Waals surface area (Å²) in [5, 5.41) is 0. The van der Waals surface area contributed by atoms with Gasteiger partial charge in [0, 0.05) is 23.6 Å². The molecule has 0 N–H and O–H groups in total. The van der Waals surface area contributed by atoms with Crippen LogP contribution in [0.2, 0.25) is 0 Å². The van der Waals surface area contributed by atoms with E-state index in [0.29, 0.717) is 11.8 Å². The Labute approximate surface area is 101 Å². The number of nitrogens with zero attached hydrogens (tertiary/aromatic N) is 1. The van der Waals surface area contributed by atoms with Gasteiger partial charge in [0.15, 0.2) is 0 Å². The van der Waals surface area contributed by atoms with Gasteiger partial charge >= 0.3 is 0 Å². The molecule has 2 nitrogen and oxygen atoms in total. The van der Waals surface area contributed by atoms with Crippen molar-refractivity contribution in [2.45, 2.75) is 4.83 Å². The number of hydrogen-bond acceptors (Lipinski definition) is 1. The van der Waals surface area contributed by atoms with Crippen molar-refractivity contribution < 1.29 is 9.18 Å². The predicted octanol–water partition coefficient (Wildman–Crippen LogP) is 3.25. The molecule has 0 saturated carbocycles. The monoisotopic (exact) mass is 281 g/mol. The van der Waals surface area contributed by atoms with E-state index in [4.69, 9.17) is 0 Å². The van der Waals surface area contributed by atoms with Gasteiger partial charge in [0.1, 0.15) is 12.1 Å². The molecular weight excluding hydrogens is 273 g/mol. The van der Waals surface area contributed by atoms with E-state index in [2.05, 4.69) is 15.9 Å². The molecule has 82 valence electrons. The number of alkyl halides is 1. The number of aromatic nitrogens is 1. The third kappa shape index (κ3) is 2.07. The van der Waals surface area contributed by atoms with E-state index >= 15 is 0 Å². The molecule has 1 aromatic carbocycles. The molecular formula is C12H9BrFNO. The van der Waals surface area contributed by atoms with Crippen molar-refractivity contribution >= 4 is 22.2 Å². The second-order valence-electron chi connectivity index (χ2n) is 3.33. The predicted molar refractivity (Wildman–Crippen MR) is 63.5 cm³/mol. The minimum absolute atomic E-state index is 0.348. The number of rotatable bonds is 3. The molecule has 0 aliphatic carbocycles. The summed E-state index contributed by atoms with van der Waals surface area (Å²) in [5.74, 6) is -0.384. The lowest BCUT2D eigenvalue weighted by Gasteiger charge is -2.08. The maximum Gasteiger partial charge on any atom is 0.138 e. The average Bonchev–Trinajstić information content (AvgIpc) is 2.82. The van der Waals surface area contributed by atoms with Gasteiger partial charge in [0.25, 0.3) is 0 Å². The molecule has 0 aliphatic rings. The molecule has 0 saturated heterocycles. The highest BCUT2D eigenvalue weighted by atomic mass is 79.9. The zero-order valence-corrected chi connectivity index (χ0v) is 9.89. The third-order valence-electron chi connectivity index (χ3n) is 2.30. The van der Waals surface area contributed by atoms with Crippen molar-refractivity contribution in [3.05, 3.63) is 54.1 Å². The third-order valence-corrected chi connectivity index (χ3v) is 3.01. The lowest BCUT2D eigenvalue weighted by molar-refractivity contribution is -0.107. The Kier molecular flexibility index (Phi) is 3.19. The molecule has 0 bridgehead atoms. The fraction of sp³-hybridized carbons (Fsp3) is 0.0833. The van der Waals surface area contributed by atoms with Gasteiger partial charge in [-0.1, -0.05) is 15.9 Å². The Morgan fingerprint density at radius 1 is 1.31 bits per heavy atom. The number of halogens is 2. The van der Waals surface area contributed by atoms with Crippen LogP contribution in [0.25, 0.3) is 5.69 Å². The standard InChI is InChI=1S/C12H9BrFNO/c13-11(8-16)10-7-9(3-4-12(10)14)15-5-1-2-6-15/h1-8,11H. The molecule has 2 aromatic rings. The molecule has 1 aromatic heterocycles. The number of hydrogen-bond donors (Lipinski definition) is 0. The summed E-state index contributed by atoms with van der Waals surface area (Å²) in [6, 6.07) is 8.46. The van der Waals surface area contributed by atoms with E-state index < -0.39 is 4.83 Å². The molecule has 1 unspecified atom stereocenters. The van der Waals surface area contributed by atoms with Gasteiger partial charge in [0.2, 0.25) is 0 Å². The lowest BCUT2D eigenvalue weighted by atomic mass is 10.1. The quantitative estimate of drug-likeness (QED) is 0.625. The van der Waals surface area contributed by atoms with Gasteiger partial charge in [0.05, 0.1) is 4.83 Å². The first kappa shape index (κ1) is 11.1. The van der Waals surface area contributed by atoms with Crippen LogP contribution in [0.5, 0.6) is 0 Å². The largest absolute Gasteiger partial charge is 0.324 e. The zero-order chi connectivity index (χ0) is 11.5. The van der Waals surface area contributed by atoms with E-state index in [-0.39, 0.29) is 5.82 Å². The average molecular weight is 282 g/mol. The first-order valence-corrected chi connectivity index (χ1v) is 5.66. The van der Waals surface area contributed by atoms with E-state index in [9.17, 15) is 9.18 Å². The van der Waals surface area contributed by atoms with Gasteiger partial charge in [-0.15, -0.1) is 0 Å². The number of benzene rings is 1. The zero-order valence-electron chi connectivity index (χ0n) is 8.31. The number of carbonyl (C=O) groups excluding carboxylic acids is 1. The SMILES string of the molecule is O=CC(Br)c1cc(-n2cccc2)ccc1F. The topological polar surface area (TPSA) is 22.0 Å². The molecule has 0 radical (unpaired) electrons. The maximum atomic E-state index is 13.5. The van der Waals surface area contributed by atoms with Crippen molar-refractivity contribution in [3.8, 4) is 5.69 Å². The highest BCUT2D eigenvalue weighted by Crippen LogP contribution is 2.25. The summed E-state index contributed by atoms with van der Waals surface area (Å²) in [5.41, 5.74) is 1.17. The summed E-state index contributed by atoms with van der Waals surface area (Å²) < 4.78 is 15.3. The van der Waals surface area contributed by atoms with Crippen molar-refractivity contribution in [2.24, 2.45) is 0 Å². The van der Waals surface area contributed by atoms with E-state index in [1.54, 1.807) is 12.1 Å².